The average Bonchev–Trinajstić information content (AvgIpc) is 3.12. The van der Waals surface area contributed by atoms with Crippen LogP contribution in [0, 0.1) is 0 Å². The second kappa shape index (κ2) is 8.77. The molecule has 0 spiro atoms. The summed E-state index contributed by atoms with van der Waals surface area (Å²) in [4.78, 5) is 12.5. The molecule has 1 heterocycles. The number of carbonyl (C=O) groups excluding carboxylic acids is 1. The van der Waals surface area contributed by atoms with Crippen LogP contribution in [0.2, 0.25) is 5.02 Å². The number of carbonyl (C=O) groups is 1. The fraction of sp³-hybridized carbons (Fsp3) is 0.136. The first-order valence-electron chi connectivity index (χ1n) is 9.39. The summed E-state index contributed by atoms with van der Waals surface area (Å²) in [6.45, 7) is 1.97. The van der Waals surface area contributed by atoms with Gasteiger partial charge in [-0.05, 0) is 41.5 Å². The number of aromatic nitrogens is 3. The zero-order valence-electron chi connectivity index (χ0n) is 16.2. The molecule has 0 radical (unpaired) electrons. The van der Waals surface area contributed by atoms with Crippen LogP contribution in [0.1, 0.15) is 18.5 Å². The summed E-state index contributed by atoms with van der Waals surface area (Å²) >= 11 is 7.44. The summed E-state index contributed by atoms with van der Waals surface area (Å²) in [6.07, 6.45) is 0. The number of thioether (sulfide) groups is 1. The van der Waals surface area contributed by atoms with E-state index >= 15 is 0 Å². The first-order chi connectivity index (χ1) is 14.5. The van der Waals surface area contributed by atoms with Crippen molar-refractivity contribution in [2.45, 2.75) is 18.1 Å². The van der Waals surface area contributed by atoms with Gasteiger partial charge in [0.25, 0.3) is 0 Å². The highest BCUT2D eigenvalue weighted by Gasteiger charge is 2.16. The van der Waals surface area contributed by atoms with Crippen LogP contribution < -0.4 is 11.2 Å². The van der Waals surface area contributed by atoms with Crippen molar-refractivity contribution >= 4 is 40.0 Å². The third-order valence-electron chi connectivity index (χ3n) is 4.76. The lowest BCUT2D eigenvalue weighted by Gasteiger charge is -2.15. The standard InChI is InChI=1S/C22H20ClN5OS/c1-14(16-11-10-15-6-2-3-7-17(15)12-16)25-20(29)13-30-22-27-26-21(28(22)24)18-8-4-5-9-19(18)23/h2-12,14H,13,24H2,1H3,(H,25,29)/t14-/m1/s1. The Bertz CT molecular complexity index is 1210. The van der Waals surface area contributed by atoms with Crippen LogP contribution in [0.15, 0.2) is 71.9 Å². The topological polar surface area (TPSA) is 85.8 Å². The largest absolute Gasteiger partial charge is 0.349 e. The van der Waals surface area contributed by atoms with Crippen molar-refractivity contribution in [3.8, 4) is 11.4 Å². The van der Waals surface area contributed by atoms with E-state index < -0.39 is 0 Å². The van der Waals surface area contributed by atoms with Crippen LogP contribution in [-0.2, 0) is 4.79 Å². The van der Waals surface area contributed by atoms with Crippen LogP contribution in [0.4, 0.5) is 0 Å². The molecule has 0 unspecified atom stereocenters. The Hall–Kier alpha value is -3.03. The lowest BCUT2D eigenvalue weighted by molar-refractivity contribution is -0.119. The molecule has 1 aromatic heterocycles. The number of rotatable bonds is 6. The monoisotopic (exact) mass is 437 g/mol. The van der Waals surface area contributed by atoms with E-state index in [1.807, 2.05) is 43.3 Å². The van der Waals surface area contributed by atoms with Crippen molar-refractivity contribution in [2.24, 2.45) is 0 Å². The van der Waals surface area contributed by atoms with Gasteiger partial charge in [0.2, 0.25) is 11.1 Å². The van der Waals surface area contributed by atoms with Gasteiger partial charge in [0.05, 0.1) is 16.8 Å². The van der Waals surface area contributed by atoms with Gasteiger partial charge in [0.1, 0.15) is 0 Å². The van der Waals surface area contributed by atoms with Gasteiger partial charge in [-0.2, -0.15) is 0 Å². The van der Waals surface area contributed by atoms with Gasteiger partial charge in [-0.1, -0.05) is 71.9 Å². The maximum absolute atomic E-state index is 12.5. The average molecular weight is 438 g/mol. The zero-order chi connectivity index (χ0) is 21.1. The number of hydrogen-bond donors (Lipinski definition) is 2. The SMILES string of the molecule is C[C@@H](NC(=O)CSc1nnc(-c2ccccc2Cl)n1N)c1ccc2ccccc2c1. The molecule has 4 rings (SSSR count). The van der Waals surface area contributed by atoms with Gasteiger partial charge >= 0.3 is 0 Å². The molecule has 0 saturated heterocycles. The Kier molecular flexibility index (Phi) is 5.92. The highest BCUT2D eigenvalue weighted by Crippen LogP contribution is 2.27. The van der Waals surface area contributed by atoms with Crippen LogP contribution in [0.25, 0.3) is 22.2 Å². The molecule has 6 nitrogen and oxygen atoms in total. The molecular weight excluding hydrogens is 418 g/mol. The third-order valence-corrected chi connectivity index (χ3v) is 6.04. The van der Waals surface area contributed by atoms with Gasteiger partial charge in [-0.15, -0.1) is 10.2 Å². The zero-order valence-corrected chi connectivity index (χ0v) is 17.8. The molecule has 0 aliphatic rings. The summed E-state index contributed by atoms with van der Waals surface area (Å²) in [5, 5.41) is 14.5. The van der Waals surface area contributed by atoms with E-state index in [9.17, 15) is 4.79 Å². The Morgan fingerprint density at radius 2 is 1.83 bits per heavy atom. The van der Waals surface area contributed by atoms with Gasteiger partial charge in [-0.25, -0.2) is 4.68 Å². The van der Waals surface area contributed by atoms with E-state index in [1.54, 1.807) is 6.07 Å². The van der Waals surface area contributed by atoms with Crippen LogP contribution in [0.5, 0.6) is 0 Å². The number of amides is 1. The minimum Gasteiger partial charge on any atom is -0.349 e. The second-order valence-corrected chi connectivity index (χ2v) is 8.19. The smallest absolute Gasteiger partial charge is 0.230 e. The summed E-state index contributed by atoms with van der Waals surface area (Å²) in [6, 6.07) is 21.5. The number of nitrogens with zero attached hydrogens (tertiary/aromatic N) is 3. The molecule has 1 amide bonds. The maximum atomic E-state index is 12.5. The molecule has 3 aromatic carbocycles. The predicted molar refractivity (Wildman–Crippen MR) is 122 cm³/mol. The number of nitrogens with one attached hydrogen (secondary N) is 1. The third kappa shape index (κ3) is 4.27. The van der Waals surface area contributed by atoms with Crippen molar-refractivity contribution in [1.82, 2.24) is 20.2 Å². The van der Waals surface area contributed by atoms with E-state index in [0.717, 1.165) is 10.9 Å². The molecule has 0 saturated carbocycles. The Balaban J connectivity index is 1.39. The van der Waals surface area contributed by atoms with Crippen LogP contribution in [0.3, 0.4) is 0 Å². The fourth-order valence-electron chi connectivity index (χ4n) is 3.18. The molecule has 3 N–H and O–H groups in total. The molecule has 0 aliphatic carbocycles. The van der Waals surface area contributed by atoms with Gasteiger partial charge in [0.15, 0.2) is 5.82 Å². The Morgan fingerprint density at radius 3 is 2.63 bits per heavy atom. The Labute approximate surface area is 183 Å². The first kappa shape index (κ1) is 20.3. The van der Waals surface area contributed by atoms with Crippen LogP contribution >= 0.6 is 23.4 Å². The van der Waals surface area contributed by atoms with Gasteiger partial charge < -0.3 is 11.2 Å². The molecule has 8 heteroatoms. The summed E-state index contributed by atoms with van der Waals surface area (Å²) in [5.74, 6) is 6.64. The molecular formula is C22H20ClN5OS. The summed E-state index contributed by atoms with van der Waals surface area (Å²) in [7, 11) is 0. The number of nitrogens with two attached hydrogens (primary N) is 1. The minimum absolute atomic E-state index is 0.108. The molecule has 152 valence electrons. The molecule has 4 aromatic rings. The number of hydrogen-bond acceptors (Lipinski definition) is 5. The normalized spacial score (nSPS) is 12.1. The van der Waals surface area contributed by atoms with E-state index in [0.29, 0.717) is 21.6 Å². The quantitative estimate of drug-likeness (QED) is 0.344. The van der Waals surface area contributed by atoms with Crippen molar-refractivity contribution in [3.05, 3.63) is 77.3 Å². The van der Waals surface area contributed by atoms with Crippen molar-refractivity contribution in [2.75, 3.05) is 11.6 Å². The maximum Gasteiger partial charge on any atom is 0.230 e. The van der Waals surface area contributed by atoms with Crippen LogP contribution in [-0.4, -0.2) is 26.5 Å². The first-order valence-corrected chi connectivity index (χ1v) is 10.8. The lowest BCUT2D eigenvalue weighted by Crippen LogP contribution is -2.28. The molecule has 0 fully saturated rings. The van der Waals surface area contributed by atoms with E-state index in [-0.39, 0.29) is 17.7 Å². The Morgan fingerprint density at radius 1 is 1.10 bits per heavy atom. The molecule has 0 bridgehead atoms. The van der Waals surface area contributed by atoms with E-state index in [4.69, 9.17) is 17.4 Å². The summed E-state index contributed by atoms with van der Waals surface area (Å²) < 4.78 is 1.35. The number of halogens is 1. The number of benzene rings is 3. The summed E-state index contributed by atoms with van der Waals surface area (Å²) in [5.41, 5.74) is 1.74. The van der Waals surface area contributed by atoms with Crippen molar-refractivity contribution in [3.63, 3.8) is 0 Å². The van der Waals surface area contributed by atoms with E-state index in [1.165, 1.54) is 21.8 Å². The number of nitrogen functional groups attached to an aromatic ring is 1. The molecule has 1 atom stereocenters. The molecule has 0 aliphatic heterocycles. The fourth-order valence-corrected chi connectivity index (χ4v) is 4.06. The van der Waals surface area contributed by atoms with Crippen molar-refractivity contribution < 1.29 is 4.79 Å². The number of fused-ring (bicyclic) bond motifs is 1. The highest BCUT2D eigenvalue weighted by molar-refractivity contribution is 7.99. The lowest BCUT2D eigenvalue weighted by atomic mass is 10.0. The van der Waals surface area contributed by atoms with Gasteiger partial charge in [0, 0.05) is 5.56 Å². The minimum atomic E-state index is -0.114. The van der Waals surface area contributed by atoms with E-state index in [2.05, 4.69) is 39.8 Å². The second-order valence-electron chi connectivity index (χ2n) is 6.84. The van der Waals surface area contributed by atoms with Gasteiger partial charge in [-0.3, -0.25) is 4.79 Å². The van der Waals surface area contributed by atoms with Crippen molar-refractivity contribution in [1.29, 1.82) is 0 Å². The highest BCUT2D eigenvalue weighted by atomic mass is 35.5. The predicted octanol–water partition coefficient (Wildman–Crippen LogP) is 4.44. The molecule has 30 heavy (non-hydrogen) atoms.